The van der Waals surface area contributed by atoms with Crippen LogP contribution in [0.3, 0.4) is 0 Å². The molecule has 1 aromatic carbocycles. The molecule has 0 N–H and O–H groups in total. The molecule has 1 aromatic rings. The lowest BCUT2D eigenvalue weighted by atomic mass is 10.1. The van der Waals surface area contributed by atoms with Gasteiger partial charge in [-0.15, -0.1) is 0 Å². The summed E-state index contributed by atoms with van der Waals surface area (Å²) in [5, 5.41) is 0. The van der Waals surface area contributed by atoms with Gasteiger partial charge in [-0.25, -0.2) is 0 Å². The summed E-state index contributed by atoms with van der Waals surface area (Å²) in [5.74, 6) is 0. The van der Waals surface area contributed by atoms with Crippen LogP contribution < -0.4 is 0 Å². The summed E-state index contributed by atoms with van der Waals surface area (Å²) < 4.78 is 5.39. The molecule has 74 valence electrons. The molecule has 2 heterocycles. The Morgan fingerprint density at radius 2 is 1.86 bits per heavy atom. The van der Waals surface area contributed by atoms with Gasteiger partial charge >= 0.3 is 0 Å². The number of nitrogens with zero attached hydrogens (tertiary/aromatic N) is 1. The molecule has 2 fully saturated rings. The summed E-state index contributed by atoms with van der Waals surface area (Å²) in [6.45, 7) is 3.48. The molecule has 2 atom stereocenters. The molecular formula is C12H15NO. The average molecular weight is 189 g/mol. The van der Waals surface area contributed by atoms with E-state index in [4.69, 9.17) is 4.74 Å². The monoisotopic (exact) mass is 189 g/mol. The summed E-state index contributed by atoms with van der Waals surface area (Å²) >= 11 is 0. The van der Waals surface area contributed by atoms with Gasteiger partial charge in [-0.3, -0.25) is 4.90 Å². The third-order valence-electron chi connectivity index (χ3n) is 3.12. The highest BCUT2D eigenvalue weighted by Crippen LogP contribution is 2.30. The summed E-state index contributed by atoms with van der Waals surface area (Å²) in [6, 6.07) is 10.7. The van der Waals surface area contributed by atoms with Crippen LogP contribution >= 0.6 is 0 Å². The fourth-order valence-electron chi connectivity index (χ4n) is 2.20. The van der Waals surface area contributed by atoms with E-state index in [1.807, 2.05) is 0 Å². The van der Waals surface area contributed by atoms with Gasteiger partial charge in [0.05, 0.1) is 12.2 Å². The Morgan fingerprint density at radius 3 is 2.57 bits per heavy atom. The predicted molar refractivity (Wildman–Crippen MR) is 55.2 cm³/mol. The van der Waals surface area contributed by atoms with Crippen molar-refractivity contribution in [3.63, 3.8) is 0 Å². The quantitative estimate of drug-likeness (QED) is 0.666. The SMILES string of the molecule is c1ccc(CCN2CC3OC3C2)cc1. The van der Waals surface area contributed by atoms with Crippen molar-refractivity contribution in [2.75, 3.05) is 19.6 Å². The number of fused-ring (bicyclic) bond motifs is 1. The zero-order valence-corrected chi connectivity index (χ0v) is 8.23. The van der Waals surface area contributed by atoms with Crippen molar-refractivity contribution in [2.45, 2.75) is 18.6 Å². The maximum atomic E-state index is 5.39. The molecule has 2 aliphatic heterocycles. The minimum absolute atomic E-state index is 0.575. The first-order valence-electron chi connectivity index (χ1n) is 5.33. The second-order valence-corrected chi connectivity index (χ2v) is 4.21. The maximum absolute atomic E-state index is 5.39. The Morgan fingerprint density at radius 1 is 1.14 bits per heavy atom. The van der Waals surface area contributed by atoms with E-state index in [0.717, 1.165) is 13.1 Å². The molecule has 0 spiro atoms. The van der Waals surface area contributed by atoms with E-state index < -0.39 is 0 Å². The highest BCUT2D eigenvalue weighted by Gasteiger charge is 2.46. The number of hydrogen-bond acceptors (Lipinski definition) is 2. The Balaban J connectivity index is 1.50. The fourth-order valence-corrected chi connectivity index (χ4v) is 2.20. The van der Waals surface area contributed by atoms with Gasteiger partial charge in [0.2, 0.25) is 0 Å². The lowest BCUT2D eigenvalue weighted by Gasteiger charge is -2.16. The lowest BCUT2D eigenvalue weighted by molar-refractivity contribution is 0.205. The van der Waals surface area contributed by atoms with Crippen LogP contribution in [0, 0.1) is 0 Å². The second kappa shape index (κ2) is 3.37. The van der Waals surface area contributed by atoms with Crippen LogP contribution in [-0.4, -0.2) is 36.7 Å². The van der Waals surface area contributed by atoms with E-state index in [0.29, 0.717) is 12.2 Å². The molecule has 0 aliphatic carbocycles. The number of benzene rings is 1. The normalized spacial score (nSPS) is 30.3. The third-order valence-corrected chi connectivity index (χ3v) is 3.12. The maximum Gasteiger partial charge on any atom is 0.0981 e. The standard InChI is InChI=1S/C12H15NO/c1-2-4-10(5-3-1)6-7-13-8-11-12(9-13)14-11/h1-5,11-12H,6-9H2. The zero-order chi connectivity index (χ0) is 9.38. The van der Waals surface area contributed by atoms with Crippen LogP contribution in [0.1, 0.15) is 5.56 Å². The smallest absolute Gasteiger partial charge is 0.0981 e. The molecule has 2 saturated heterocycles. The number of ether oxygens (including phenoxy) is 1. The largest absolute Gasteiger partial charge is 0.367 e. The molecule has 2 unspecified atom stereocenters. The fraction of sp³-hybridized carbons (Fsp3) is 0.500. The van der Waals surface area contributed by atoms with Gasteiger partial charge in [-0.1, -0.05) is 30.3 Å². The number of hydrogen-bond donors (Lipinski definition) is 0. The first-order valence-corrected chi connectivity index (χ1v) is 5.33. The Labute approximate surface area is 84.5 Å². The lowest BCUT2D eigenvalue weighted by Crippen LogP contribution is -2.26. The van der Waals surface area contributed by atoms with E-state index in [1.165, 1.54) is 18.5 Å². The van der Waals surface area contributed by atoms with E-state index >= 15 is 0 Å². The minimum Gasteiger partial charge on any atom is -0.367 e. The summed E-state index contributed by atoms with van der Waals surface area (Å²) in [4.78, 5) is 2.51. The number of likely N-dealkylation sites (tertiary alicyclic amines) is 1. The van der Waals surface area contributed by atoms with Gasteiger partial charge in [0.15, 0.2) is 0 Å². The predicted octanol–water partition coefficient (Wildman–Crippen LogP) is 1.31. The van der Waals surface area contributed by atoms with Gasteiger partial charge in [0, 0.05) is 19.6 Å². The van der Waals surface area contributed by atoms with E-state index in [2.05, 4.69) is 35.2 Å². The molecule has 2 heteroatoms. The Bertz CT molecular complexity index is 301. The van der Waals surface area contributed by atoms with Gasteiger partial charge < -0.3 is 4.74 Å². The first kappa shape index (κ1) is 8.45. The molecule has 2 nitrogen and oxygen atoms in total. The van der Waals surface area contributed by atoms with E-state index in [9.17, 15) is 0 Å². The highest BCUT2D eigenvalue weighted by molar-refractivity contribution is 5.15. The average Bonchev–Trinajstić information content (AvgIpc) is 2.85. The van der Waals surface area contributed by atoms with Crippen molar-refractivity contribution in [2.24, 2.45) is 0 Å². The third kappa shape index (κ3) is 1.68. The number of rotatable bonds is 3. The van der Waals surface area contributed by atoms with Gasteiger partial charge in [-0.05, 0) is 12.0 Å². The summed E-state index contributed by atoms with van der Waals surface area (Å²) in [7, 11) is 0. The Kier molecular flexibility index (Phi) is 2.03. The topological polar surface area (TPSA) is 15.8 Å². The molecule has 0 saturated carbocycles. The van der Waals surface area contributed by atoms with Crippen molar-refractivity contribution in [1.29, 1.82) is 0 Å². The molecule has 2 aliphatic rings. The van der Waals surface area contributed by atoms with Crippen LogP contribution in [0.2, 0.25) is 0 Å². The second-order valence-electron chi connectivity index (χ2n) is 4.21. The van der Waals surface area contributed by atoms with Crippen molar-refractivity contribution >= 4 is 0 Å². The van der Waals surface area contributed by atoms with Gasteiger partial charge in [-0.2, -0.15) is 0 Å². The molecule has 0 amide bonds. The van der Waals surface area contributed by atoms with E-state index in [1.54, 1.807) is 0 Å². The molecule has 0 aromatic heterocycles. The van der Waals surface area contributed by atoms with Crippen LogP contribution in [0.25, 0.3) is 0 Å². The van der Waals surface area contributed by atoms with Crippen molar-refractivity contribution in [3.8, 4) is 0 Å². The molecule has 3 rings (SSSR count). The van der Waals surface area contributed by atoms with Crippen molar-refractivity contribution in [3.05, 3.63) is 35.9 Å². The highest BCUT2D eigenvalue weighted by atomic mass is 16.6. The van der Waals surface area contributed by atoms with Crippen molar-refractivity contribution in [1.82, 2.24) is 4.90 Å². The Hall–Kier alpha value is -0.860. The minimum atomic E-state index is 0.575. The molecule has 0 radical (unpaired) electrons. The van der Waals surface area contributed by atoms with Crippen LogP contribution in [0.15, 0.2) is 30.3 Å². The number of epoxide rings is 1. The van der Waals surface area contributed by atoms with Crippen LogP contribution in [-0.2, 0) is 11.2 Å². The molecule has 14 heavy (non-hydrogen) atoms. The van der Waals surface area contributed by atoms with Gasteiger partial charge in [0.25, 0.3) is 0 Å². The summed E-state index contributed by atoms with van der Waals surface area (Å²) in [6.07, 6.45) is 2.32. The number of morpholine rings is 1. The zero-order valence-electron chi connectivity index (χ0n) is 8.23. The molecule has 0 bridgehead atoms. The molecular weight excluding hydrogens is 174 g/mol. The van der Waals surface area contributed by atoms with Crippen LogP contribution in [0.4, 0.5) is 0 Å². The van der Waals surface area contributed by atoms with Gasteiger partial charge in [0.1, 0.15) is 0 Å². The van der Waals surface area contributed by atoms with Crippen molar-refractivity contribution < 1.29 is 4.74 Å². The van der Waals surface area contributed by atoms with E-state index in [-0.39, 0.29) is 0 Å². The van der Waals surface area contributed by atoms with Crippen LogP contribution in [0.5, 0.6) is 0 Å². The first-order chi connectivity index (χ1) is 6.92. The summed E-state index contributed by atoms with van der Waals surface area (Å²) in [5.41, 5.74) is 1.44.